The van der Waals surface area contributed by atoms with E-state index in [1.165, 1.54) is 18.9 Å². The highest BCUT2D eigenvalue weighted by molar-refractivity contribution is 6.31. The normalized spacial score (nSPS) is 10.1. The number of nitrogens with one attached hydrogen (secondary N) is 1. The number of nitrogens with zero attached hydrogens (tertiary/aromatic N) is 1. The molecule has 0 atom stereocenters. The third kappa shape index (κ3) is 5.12. The molecule has 7 heteroatoms. The molecule has 0 spiro atoms. The van der Waals surface area contributed by atoms with E-state index in [1.807, 2.05) is 0 Å². The summed E-state index contributed by atoms with van der Waals surface area (Å²) >= 11 is 5.93. The zero-order chi connectivity index (χ0) is 18.4. The molecule has 25 heavy (non-hydrogen) atoms. The Labute approximate surface area is 151 Å². The van der Waals surface area contributed by atoms with Crippen molar-refractivity contribution in [2.45, 2.75) is 6.92 Å². The molecule has 0 heterocycles. The van der Waals surface area contributed by atoms with Gasteiger partial charge in [-0.3, -0.25) is 9.59 Å². The summed E-state index contributed by atoms with van der Waals surface area (Å²) in [5.41, 5.74) is 1.22. The number of methoxy groups -OCH3 is 1. The van der Waals surface area contributed by atoms with Gasteiger partial charge in [-0.25, -0.2) is 0 Å². The van der Waals surface area contributed by atoms with Crippen LogP contribution in [-0.2, 0) is 9.59 Å². The highest BCUT2D eigenvalue weighted by atomic mass is 35.5. The van der Waals surface area contributed by atoms with Crippen molar-refractivity contribution in [3.8, 4) is 11.5 Å². The van der Waals surface area contributed by atoms with Crippen molar-refractivity contribution < 1.29 is 19.1 Å². The Morgan fingerprint density at radius 3 is 2.44 bits per heavy atom. The lowest BCUT2D eigenvalue weighted by Gasteiger charge is -2.15. The number of anilines is 2. The summed E-state index contributed by atoms with van der Waals surface area (Å²) in [6, 6.07) is 11.8. The number of hydrogen-bond acceptors (Lipinski definition) is 4. The first kappa shape index (κ1) is 18.6. The van der Waals surface area contributed by atoms with Gasteiger partial charge in [0.05, 0.1) is 12.8 Å². The first-order valence-corrected chi connectivity index (χ1v) is 7.89. The van der Waals surface area contributed by atoms with E-state index in [4.69, 9.17) is 21.1 Å². The minimum atomic E-state index is -0.342. The van der Waals surface area contributed by atoms with Crippen LogP contribution in [0.4, 0.5) is 11.4 Å². The van der Waals surface area contributed by atoms with Gasteiger partial charge in [-0.05, 0) is 42.5 Å². The average molecular weight is 363 g/mol. The molecule has 0 aliphatic carbocycles. The maximum Gasteiger partial charge on any atom is 0.262 e. The summed E-state index contributed by atoms with van der Waals surface area (Å²) in [5, 5.41) is 3.18. The van der Waals surface area contributed by atoms with E-state index >= 15 is 0 Å². The Balaban J connectivity index is 1.94. The quantitative estimate of drug-likeness (QED) is 0.855. The van der Waals surface area contributed by atoms with Crippen LogP contribution in [0.3, 0.4) is 0 Å². The summed E-state index contributed by atoms with van der Waals surface area (Å²) in [4.78, 5) is 24.9. The fraction of sp³-hybridized carbons (Fsp3) is 0.222. The lowest BCUT2D eigenvalue weighted by molar-refractivity contribution is -0.118. The van der Waals surface area contributed by atoms with Crippen molar-refractivity contribution in [3.05, 3.63) is 47.5 Å². The van der Waals surface area contributed by atoms with Crippen LogP contribution in [0.5, 0.6) is 11.5 Å². The van der Waals surface area contributed by atoms with Crippen LogP contribution in [0.25, 0.3) is 0 Å². The monoisotopic (exact) mass is 362 g/mol. The topological polar surface area (TPSA) is 67.9 Å². The van der Waals surface area contributed by atoms with Crippen molar-refractivity contribution >= 4 is 34.8 Å². The van der Waals surface area contributed by atoms with Crippen LogP contribution in [0.15, 0.2) is 42.5 Å². The molecule has 0 aliphatic rings. The van der Waals surface area contributed by atoms with Gasteiger partial charge in [0, 0.05) is 24.7 Å². The van der Waals surface area contributed by atoms with Crippen molar-refractivity contribution in [1.29, 1.82) is 0 Å². The van der Waals surface area contributed by atoms with E-state index in [1.54, 1.807) is 49.5 Å². The number of benzene rings is 2. The van der Waals surface area contributed by atoms with E-state index < -0.39 is 0 Å². The molecule has 2 aromatic carbocycles. The SMILES string of the molecule is COc1ccc(Cl)cc1NC(=O)COc1ccc(N(C)C(C)=O)cc1. The molecule has 0 fully saturated rings. The van der Waals surface area contributed by atoms with Gasteiger partial charge in [-0.15, -0.1) is 0 Å². The minimum absolute atomic E-state index is 0.0662. The highest BCUT2D eigenvalue weighted by Gasteiger charge is 2.10. The van der Waals surface area contributed by atoms with Crippen LogP contribution in [-0.4, -0.2) is 32.6 Å². The average Bonchev–Trinajstić information content (AvgIpc) is 2.60. The van der Waals surface area contributed by atoms with Crippen molar-refractivity contribution in [1.82, 2.24) is 0 Å². The number of ether oxygens (including phenoxy) is 2. The van der Waals surface area contributed by atoms with Crippen LogP contribution < -0.4 is 19.7 Å². The molecule has 0 radical (unpaired) electrons. The van der Waals surface area contributed by atoms with Gasteiger partial charge in [-0.1, -0.05) is 11.6 Å². The van der Waals surface area contributed by atoms with Gasteiger partial charge in [0.15, 0.2) is 6.61 Å². The molecule has 0 bridgehead atoms. The number of rotatable bonds is 6. The van der Waals surface area contributed by atoms with E-state index in [0.717, 1.165) is 5.69 Å². The van der Waals surface area contributed by atoms with Gasteiger partial charge in [0.1, 0.15) is 11.5 Å². The van der Waals surface area contributed by atoms with Crippen LogP contribution in [0.2, 0.25) is 5.02 Å². The maximum absolute atomic E-state index is 12.0. The van der Waals surface area contributed by atoms with Crippen molar-refractivity contribution in [2.75, 3.05) is 31.0 Å². The predicted molar refractivity (Wildman–Crippen MR) is 97.7 cm³/mol. The zero-order valence-electron chi connectivity index (χ0n) is 14.2. The fourth-order valence-electron chi connectivity index (χ4n) is 2.06. The van der Waals surface area contributed by atoms with E-state index in [-0.39, 0.29) is 18.4 Å². The van der Waals surface area contributed by atoms with Crippen molar-refractivity contribution in [3.63, 3.8) is 0 Å². The number of amides is 2. The Bertz CT molecular complexity index is 762. The molecule has 0 saturated carbocycles. The molecule has 0 aromatic heterocycles. The van der Waals surface area contributed by atoms with Crippen LogP contribution >= 0.6 is 11.6 Å². The third-order valence-corrected chi connectivity index (χ3v) is 3.74. The zero-order valence-corrected chi connectivity index (χ0v) is 15.0. The standard InChI is InChI=1S/C18H19ClN2O4/c1-12(22)21(2)14-5-7-15(8-6-14)25-11-18(23)20-16-10-13(19)4-9-17(16)24-3/h4-10H,11H2,1-3H3,(H,20,23). The summed E-state index contributed by atoms with van der Waals surface area (Å²) < 4.78 is 10.6. The lowest BCUT2D eigenvalue weighted by atomic mass is 10.3. The largest absolute Gasteiger partial charge is 0.495 e. The van der Waals surface area contributed by atoms with E-state index in [9.17, 15) is 9.59 Å². The Morgan fingerprint density at radius 1 is 1.16 bits per heavy atom. The van der Waals surface area contributed by atoms with Crippen molar-refractivity contribution in [2.24, 2.45) is 0 Å². The third-order valence-electron chi connectivity index (χ3n) is 3.50. The number of carbonyl (C=O) groups excluding carboxylic acids is 2. The second-order valence-corrected chi connectivity index (χ2v) is 5.69. The van der Waals surface area contributed by atoms with Crippen LogP contribution in [0, 0.1) is 0 Å². The molecule has 0 saturated heterocycles. The fourth-order valence-corrected chi connectivity index (χ4v) is 2.23. The molecule has 6 nitrogen and oxygen atoms in total. The molecule has 0 aliphatic heterocycles. The molecule has 2 aromatic rings. The molecule has 1 N–H and O–H groups in total. The van der Waals surface area contributed by atoms with Crippen LogP contribution in [0.1, 0.15) is 6.92 Å². The number of hydrogen-bond donors (Lipinski definition) is 1. The Morgan fingerprint density at radius 2 is 1.84 bits per heavy atom. The Kier molecular flexibility index (Phi) is 6.25. The minimum Gasteiger partial charge on any atom is -0.495 e. The van der Waals surface area contributed by atoms with Gasteiger partial charge in [-0.2, -0.15) is 0 Å². The molecular weight excluding hydrogens is 344 g/mol. The summed E-state index contributed by atoms with van der Waals surface area (Å²) in [6.07, 6.45) is 0. The summed E-state index contributed by atoms with van der Waals surface area (Å²) in [6.45, 7) is 1.32. The first-order chi connectivity index (χ1) is 11.9. The lowest BCUT2D eigenvalue weighted by Crippen LogP contribution is -2.22. The second-order valence-electron chi connectivity index (χ2n) is 5.25. The highest BCUT2D eigenvalue weighted by Crippen LogP contribution is 2.27. The number of halogens is 1. The van der Waals surface area contributed by atoms with E-state index in [2.05, 4.69) is 5.32 Å². The number of carbonyl (C=O) groups is 2. The smallest absolute Gasteiger partial charge is 0.262 e. The maximum atomic E-state index is 12.0. The second kappa shape index (κ2) is 8.39. The molecule has 2 rings (SSSR count). The molecule has 2 amide bonds. The molecule has 132 valence electrons. The van der Waals surface area contributed by atoms with Gasteiger partial charge >= 0.3 is 0 Å². The predicted octanol–water partition coefficient (Wildman–Crippen LogP) is 3.35. The van der Waals surface area contributed by atoms with E-state index in [0.29, 0.717) is 22.2 Å². The summed E-state index contributed by atoms with van der Waals surface area (Å²) in [5.74, 6) is 0.622. The van der Waals surface area contributed by atoms with Gasteiger partial charge in [0.2, 0.25) is 5.91 Å². The van der Waals surface area contributed by atoms with Gasteiger partial charge < -0.3 is 19.7 Å². The molecule has 0 unspecified atom stereocenters. The van der Waals surface area contributed by atoms with Gasteiger partial charge in [0.25, 0.3) is 5.91 Å². The molecular formula is C18H19ClN2O4. The first-order valence-electron chi connectivity index (χ1n) is 7.51. The summed E-state index contributed by atoms with van der Waals surface area (Å²) in [7, 11) is 3.19. The Hall–Kier alpha value is -2.73.